The average molecular weight is 423 g/mol. The molecule has 1 aromatic heterocycles. The number of benzene rings is 2. The first-order valence-electron chi connectivity index (χ1n) is 9.62. The molecule has 30 heavy (non-hydrogen) atoms. The fourth-order valence-electron chi connectivity index (χ4n) is 3.58. The van der Waals surface area contributed by atoms with E-state index in [1.54, 1.807) is 17.7 Å². The van der Waals surface area contributed by atoms with Crippen LogP contribution >= 0.6 is 11.8 Å². The number of nitrogens with zero attached hydrogens (tertiary/aromatic N) is 3. The Kier molecular flexibility index (Phi) is 5.76. The Morgan fingerprint density at radius 1 is 1.20 bits per heavy atom. The van der Waals surface area contributed by atoms with Crippen molar-refractivity contribution in [3.05, 3.63) is 70.5 Å². The number of nitrogens with two attached hydrogens (primary N) is 1. The molecule has 4 rings (SSSR count). The maximum Gasteiger partial charge on any atom is 0.275 e. The second-order valence-corrected chi connectivity index (χ2v) is 7.85. The molecule has 2 aromatic carbocycles. The number of aryl methyl sites for hydroxylation is 1. The number of aromatic nitrogens is 2. The third-order valence-corrected chi connectivity index (χ3v) is 5.90. The fourth-order valence-corrected chi connectivity index (χ4v) is 4.48. The van der Waals surface area contributed by atoms with Crippen molar-refractivity contribution in [2.75, 3.05) is 30.0 Å². The Morgan fingerprint density at radius 3 is 2.87 bits per heavy atom. The third-order valence-electron chi connectivity index (χ3n) is 4.97. The molecule has 0 aliphatic carbocycles. The molecule has 0 atom stereocenters. The topological polar surface area (TPSA) is 90.5 Å². The molecule has 1 aliphatic rings. The maximum absolute atomic E-state index is 13.0. The van der Waals surface area contributed by atoms with Crippen LogP contribution in [0.4, 0.5) is 11.5 Å². The molecule has 2 heterocycles. The van der Waals surface area contributed by atoms with E-state index in [4.69, 9.17) is 10.5 Å². The van der Waals surface area contributed by atoms with Crippen molar-refractivity contribution in [1.82, 2.24) is 9.55 Å². The number of carbonyl (C=O) groups excluding carboxylic acids is 1. The van der Waals surface area contributed by atoms with Crippen molar-refractivity contribution < 1.29 is 9.53 Å². The molecule has 0 spiro atoms. The largest absolute Gasteiger partial charge is 0.497 e. The number of anilines is 2. The molecule has 0 radical (unpaired) electrons. The highest BCUT2D eigenvalue weighted by Gasteiger charge is 2.23. The van der Waals surface area contributed by atoms with Crippen LogP contribution < -0.4 is 20.9 Å². The van der Waals surface area contributed by atoms with Gasteiger partial charge in [-0.1, -0.05) is 36.0 Å². The summed E-state index contributed by atoms with van der Waals surface area (Å²) in [5, 5.41) is 0.367. The summed E-state index contributed by atoms with van der Waals surface area (Å²) in [4.78, 5) is 30.9. The number of nitrogen functional groups attached to an aromatic ring is 1. The molecule has 8 heteroatoms. The van der Waals surface area contributed by atoms with Crippen LogP contribution in [0.5, 0.6) is 5.75 Å². The SMILES string of the molecule is COc1cccc(-n2c(N)cc(=O)nc2SCC(=O)N2CCCc3ccccc32)c1. The lowest BCUT2D eigenvalue weighted by molar-refractivity contribution is -0.116. The van der Waals surface area contributed by atoms with Gasteiger partial charge in [-0.2, -0.15) is 4.98 Å². The van der Waals surface area contributed by atoms with Crippen LogP contribution in [0.3, 0.4) is 0 Å². The molecule has 2 N–H and O–H groups in total. The number of thioether (sulfide) groups is 1. The van der Waals surface area contributed by atoms with Gasteiger partial charge in [0.15, 0.2) is 5.16 Å². The summed E-state index contributed by atoms with van der Waals surface area (Å²) >= 11 is 1.20. The lowest BCUT2D eigenvalue weighted by Crippen LogP contribution is -2.36. The first-order valence-corrected chi connectivity index (χ1v) is 10.6. The van der Waals surface area contributed by atoms with Crippen molar-refractivity contribution in [3.63, 3.8) is 0 Å². The summed E-state index contributed by atoms with van der Waals surface area (Å²) in [6.45, 7) is 0.684. The molecule has 3 aromatic rings. The first-order chi connectivity index (χ1) is 14.6. The van der Waals surface area contributed by atoms with E-state index in [0.717, 1.165) is 18.5 Å². The molecule has 0 bridgehead atoms. The molecule has 0 saturated carbocycles. The van der Waals surface area contributed by atoms with E-state index in [1.165, 1.54) is 23.4 Å². The van der Waals surface area contributed by atoms with E-state index in [0.29, 0.717) is 23.1 Å². The van der Waals surface area contributed by atoms with Crippen LogP contribution in [0.25, 0.3) is 5.69 Å². The van der Waals surface area contributed by atoms with Gasteiger partial charge in [-0.3, -0.25) is 14.2 Å². The van der Waals surface area contributed by atoms with Gasteiger partial charge in [0, 0.05) is 24.4 Å². The first kappa shape index (κ1) is 20.0. The molecular formula is C22H22N4O3S. The second kappa shape index (κ2) is 8.62. The number of methoxy groups -OCH3 is 1. The zero-order valence-corrected chi connectivity index (χ0v) is 17.4. The van der Waals surface area contributed by atoms with Crippen molar-refractivity contribution >= 4 is 29.2 Å². The highest BCUT2D eigenvalue weighted by molar-refractivity contribution is 7.99. The third kappa shape index (κ3) is 4.04. The van der Waals surface area contributed by atoms with Crippen molar-refractivity contribution in [2.45, 2.75) is 18.0 Å². The number of fused-ring (bicyclic) bond motifs is 1. The molecule has 1 aliphatic heterocycles. The smallest absolute Gasteiger partial charge is 0.275 e. The summed E-state index contributed by atoms with van der Waals surface area (Å²) < 4.78 is 6.95. The minimum atomic E-state index is -0.440. The van der Waals surface area contributed by atoms with Crippen molar-refractivity contribution in [3.8, 4) is 11.4 Å². The number of rotatable bonds is 5. The summed E-state index contributed by atoms with van der Waals surface area (Å²) in [6, 6.07) is 16.5. The molecule has 1 amide bonds. The zero-order valence-electron chi connectivity index (χ0n) is 16.6. The average Bonchev–Trinajstić information content (AvgIpc) is 2.76. The molecule has 154 valence electrons. The van der Waals surface area contributed by atoms with Crippen LogP contribution in [-0.2, 0) is 11.2 Å². The predicted molar refractivity (Wildman–Crippen MR) is 119 cm³/mol. The van der Waals surface area contributed by atoms with E-state index in [9.17, 15) is 9.59 Å². The van der Waals surface area contributed by atoms with Gasteiger partial charge >= 0.3 is 0 Å². The minimum Gasteiger partial charge on any atom is -0.497 e. The molecule has 0 unspecified atom stereocenters. The monoisotopic (exact) mass is 422 g/mol. The predicted octanol–water partition coefficient (Wildman–Crippen LogP) is 2.89. The van der Waals surface area contributed by atoms with E-state index < -0.39 is 5.56 Å². The summed E-state index contributed by atoms with van der Waals surface area (Å²) in [5.74, 6) is 1.03. The van der Waals surface area contributed by atoms with Gasteiger partial charge in [-0.05, 0) is 36.6 Å². The number of hydrogen-bond acceptors (Lipinski definition) is 6. The number of hydrogen-bond donors (Lipinski definition) is 1. The van der Waals surface area contributed by atoms with Gasteiger partial charge in [0.1, 0.15) is 11.6 Å². The normalized spacial score (nSPS) is 13.0. The Morgan fingerprint density at radius 2 is 2.03 bits per heavy atom. The van der Waals surface area contributed by atoms with Crippen LogP contribution in [-0.4, -0.2) is 34.9 Å². The summed E-state index contributed by atoms with van der Waals surface area (Å²) in [5.41, 5.74) is 8.53. The van der Waals surface area contributed by atoms with Gasteiger partial charge in [-0.15, -0.1) is 0 Å². The van der Waals surface area contributed by atoms with Crippen LogP contribution in [0.2, 0.25) is 0 Å². The van der Waals surface area contributed by atoms with Gasteiger partial charge in [0.05, 0.1) is 18.6 Å². The van der Waals surface area contributed by atoms with Gasteiger partial charge in [0.2, 0.25) is 5.91 Å². The highest BCUT2D eigenvalue weighted by Crippen LogP contribution is 2.29. The molecule has 0 fully saturated rings. The number of para-hydroxylation sites is 1. The highest BCUT2D eigenvalue weighted by atomic mass is 32.2. The van der Waals surface area contributed by atoms with Gasteiger partial charge < -0.3 is 15.4 Å². The van der Waals surface area contributed by atoms with Gasteiger partial charge in [-0.25, -0.2) is 0 Å². The minimum absolute atomic E-state index is 0.0268. The van der Waals surface area contributed by atoms with Crippen molar-refractivity contribution in [2.24, 2.45) is 0 Å². The summed E-state index contributed by atoms with van der Waals surface area (Å²) in [6.07, 6.45) is 1.90. The van der Waals surface area contributed by atoms with E-state index >= 15 is 0 Å². The fraction of sp³-hybridized carbons (Fsp3) is 0.227. The standard InChI is InChI=1S/C22H22N4O3S/c1-29-17-9-4-8-16(12-17)26-19(23)13-20(27)24-22(26)30-14-21(28)25-11-5-7-15-6-2-3-10-18(15)25/h2-4,6,8-10,12-13H,5,7,11,14,23H2,1H3. The van der Waals surface area contributed by atoms with E-state index in [-0.39, 0.29) is 17.5 Å². The summed E-state index contributed by atoms with van der Waals surface area (Å²) in [7, 11) is 1.58. The maximum atomic E-state index is 13.0. The number of amides is 1. The second-order valence-electron chi connectivity index (χ2n) is 6.91. The zero-order chi connectivity index (χ0) is 21.1. The van der Waals surface area contributed by atoms with Crippen LogP contribution in [0.15, 0.2) is 64.5 Å². The Balaban J connectivity index is 1.61. The van der Waals surface area contributed by atoms with Crippen molar-refractivity contribution in [1.29, 1.82) is 0 Å². The Bertz CT molecular complexity index is 1150. The Hall–Kier alpha value is -3.26. The van der Waals surface area contributed by atoms with E-state index in [2.05, 4.69) is 11.1 Å². The van der Waals surface area contributed by atoms with Crippen LogP contribution in [0.1, 0.15) is 12.0 Å². The number of ether oxygens (including phenoxy) is 1. The molecule has 7 nitrogen and oxygen atoms in total. The number of carbonyl (C=O) groups is 1. The Labute approximate surface area is 178 Å². The van der Waals surface area contributed by atoms with E-state index in [1.807, 2.05) is 41.3 Å². The van der Waals surface area contributed by atoms with Gasteiger partial charge in [0.25, 0.3) is 5.56 Å². The van der Waals surface area contributed by atoms with Crippen LogP contribution in [0, 0.1) is 0 Å². The quantitative estimate of drug-likeness (QED) is 0.502. The lowest BCUT2D eigenvalue weighted by atomic mass is 10.0. The molecular weight excluding hydrogens is 400 g/mol. The molecule has 0 saturated heterocycles. The lowest BCUT2D eigenvalue weighted by Gasteiger charge is -2.29.